The Bertz CT molecular complexity index is 350. The van der Waals surface area contributed by atoms with Crippen LogP contribution in [-0.2, 0) is 4.74 Å². The molecule has 0 saturated heterocycles. The molecule has 3 nitrogen and oxygen atoms in total. The summed E-state index contributed by atoms with van der Waals surface area (Å²) in [5.41, 5.74) is 0.153. The molecule has 0 bridgehead atoms. The lowest BCUT2D eigenvalue weighted by Gasteiger charge is -2.20. The van der Waals surface area contributed by atoms with Crippen LogP contribution in [0.2, 0.25) is 0 Å². The van der Waals surface area contributed by atoms with Crippen molar-refractivity contribution in [1.82, 2.24) is 5.32 Å². The number of hydrogen-bond donors (Lipinski definition) is 1. The fourth-order valence-corrected chi connectivity index (χ4v) is 1.92. The highest BCUT2D eigenvalue weighted by Crippen LogP contribution is 2.19. The van der Waals surface area contributed by atoms with Gasteiger partial charge in [0.2, 0.25) is 0 Å². The first-order valence-corrected chi connectivity index (χ1v) is 7.27. The third-order valence-corrected chi connectivity index (χ3v) is 3.11. The van der Waals surface area contributed by atoms with Gasteiger partial charge in [-0.15, -0.1) is 0 Å². The molecule has 0 radical (unpaired) electrons. The topological polar surface area (TPSA) is 30.5 Å². The predicted octanol–water partition coefficient (Wildman–Crippen LogP) is 3.07. The van der Waals surface area contributed by atoms with Crippen LogP contribution in [0.3, 0.4) is 0 Å². The number of nitrogens with one attached hydrogen (secondary N) is 1. The zero-order valence-electron chi connectivity index (χ0n) is 11.3. The smallest absolute Gasteiger partial charge is 0.132 e. The Morgan fingerprint density at radius 1 is 1.11 bits per heavy atom. The van der Waals surface area contributed by atoms with Gasteiger partial charge in [0, 0.05) is 12.1 Å². The lowest BCUT2D eigenvalue weighted by Crippen LogP contribution is -2.38. The Balaban J connectivity index is 2.04. The Morgan fingerprint density at radius 2 is 1.83 bits per heavy atom. The van der Waals surface area contributed by atoms with Gasteiger partial charge in [-0.1, -0.05) is 12.1 Å². The summed E-state index contributed by atoms with van der Waals surface area (Å²) >= 11 is 2.27. The van der Waals surface area contributed by atoms with Crippen LogP contribution in [-0.4, -0.2) is 31.9 Å². The fraction of sp³-hybridized carbons (Fsp3) is 0.571. The van der Waals surface area contributed by atoms with Crippen LogP contribution in [0.15, 0.2) is 24.3 Å². The zero-order chi connectivity index (χ0) is 13.4. The first-order chi connectivity index (χ1) is 8.49. The maximum absolute atomic E-state index is 5.63. The largest absolute Gasteiger partial charge is 0.490 e. The summed E-state index contributed by atoms with van der Waals surface area (Å²) in [7, 11) is 0. The van der Waals surface area contributed by atoms with Crippen LogP contribution >= 0.6 is 22.6 Å². The van der Waals surface area contributed by atoms with Crippen LogP contribution in [0.1, 0.15) is 20.8 Å². The van der Waals surface area contributed by atoms with Gasteiger partial charge in [-0.05, 0) is 55.5 Å². The van der Waals surface area contributed by atoms with Crippen LogP contribution in [0.5, 0.6) is 5.75 Å². The summed E-state index contributed by atoms with van der Waals surface area (Å²) < 4.78 is 12.3. The first kappa shape index (κ1) is 15.7. The molecule has 1 N–H and O–H groups in total. The van der Waals surface area contributed by atoms with Crippen molar-refractivity contribution in [3.63, 3.8) is 0 Å². The monoisotopic (exact) mass is 363 g/mol. The van der Waals surface area contributed by atoms with Crippen LogP contribution in [0.25, 0.3) is 0 Å². The van der Waals surface area contributed by atoms with E-state index in [1.165, 1.54) is 0 Å². The summed E-state index contributed by atoms with van der Waals surface area (Å²) in [5.74, 6) is 0.925. The molecule has 0 saturated carbocycles. The molecule has 0 aromatic heterocycles. The SMILES string of the molecule is CC(C)(C)NCCOCCOc1ccccc1I. The third kappa shape index (κ3) is 7.18. The molecule has 18 heavy (non-hydrogen) atoms. The molecule has 0 heterocycles. The molecule has 0 aliphatic rings. The van der Waals surface area contributed by atoms with Gasteiger partial charge in [0.05, 0.1) is 16.8 Å². The van der Waals surface area contributed by atoms with E-state index in [0.717, 1.165) is 15.9 Å². The van der Waals surface area contributed by atoms with Crippen LogP contribution in [0, 0.1) is 3.57 Å². The van der Waals surface area contributed by atoms with Crippen molar-refractivity contribution >= 4 is 22.6 Å². The Labute approximate surface area is 123 Å². The number of para-hydroxylation sites is 1. The highest BCUT2D eigenvalue weighted by atomic mass is 127. The van der Waals surface area contributed by atoms with Crippen molar-refractivity contribution in [2.24, 2.45) is 0 Å². The first-order valence-electron chi connectivity index (χ1n) is 6.19. The number of benzene rings is 1. The number of rotatable bonds is 7. The van der Waals surface area contributed by atoms with E-state index in [1.807, 2.05) is 24.3 Å². The lowest BCUT2D eigenvalue weighted by atomic mass is 10.1. The average molecular weight is 363 g/mol. The van der Waals surface area contributed by atoms with Gasteiger partial charge in [-0.25, -0.2) is 0 Å². The van der Waals surface area contributed by atoms with E-state index < -0.39 is 0 Å². The second kappa shape index (κ2) is 7.96. The van der Waals surface area contributed by atoms with Crippen molar-refractivity contribution in [2.75, 3.05) is 26.4 Å². The lowest BCUT2D eigenvalue weighted by molar-refractivity contribution is 0.0982. The van der Waals surface area contributed by atoms with E-state index in [0.29, 0.717) is 19.8 Å². The van der Waals surface area contributed by atoms with Gasteiger partial charge < -0.3 is 14.8 Å². The molecule has 0 fully saturated rings. The molecule has 102 valence electrons. The van der Waals surface area contributed by atoms with Gasteiger partial charge in [0.15, 0.2) is 0 Å². The predicted molar refractivity (Wildman–Crippen MR) is 83.2 cm³/mol. The zero-order valence-corrected chi connectivity index (χ0v) is 13.5. The van der Waals surface area contributed by atoms with E-state index >= 15 is 0 Å². The number of ether oxygens (including phenoxy) is 2. The number of hydrogen-bond acceptors (Lipinski definition) is 3. The third-order valence-electron chi connectivity index (χ3n) is 2.22. The molecular formula is C14H22INO2. The summed E-state index contributed by atoms with van der Waals surface area (Å²) in [6.07, 6.45) is 0. The van der Waals surface area contributed by atoms with E-state index in [4.69, 9.17) is 9.47 Å². The molecule has 4 heteroatoms. The Morgan fingerprint density at radius 3 is 2.50 bits per heavy atom. The minimum Gasteiger partial charge on any atom is -0.490 e. The molecule has 1 aromatic rings. The normalized spacial score (nSPS) is 11.6. The second-order valence-electron chi connectivity index (χ2n) is 5.07. The molecule has 0 spiro atoms. The molecule has 1 rings (SSSR count). The molecule has 0 amide bonds. The molecule has 0 atom stereocenters. The Hall–Kier alpha value is -0.330. The van der Waals surface area contributed by atoms with Crippen molar-refractivity contribution in [3.05, 3.63) is 27.8 Å². The van der Waals surface area contributed by atoms with Gasteiger partial charge in [0.1, 0.15) is 12.4 Å². The van der Waals surface area contributed by atoms with Gasteiger partial charge in [-0.2, -0.15) is 0 Å². The van der Waals surface area contributed by atoms with E-state index in [9.17, 15) is 0 Å². The van der Waals surface area contributed by atoms with Gasteiger partial charge in [0.25, 0.3) is 0 Å². The fourth-order valence-electron chi connectivity index (χ4n) is 1.37. The standard InChI is InChI=1S/C14H22INO2/c1-14(2,3)16-8-9-17-10-11-18-13-7-5-4-6-12(13)15/h4-7,16H,8-11H2,1-3H3. The van der Waals surface area contributed by atoms with E-state index in [2.05, 4.69) is 48.7 Å². The minimum atomic E-state index is 0.153. The van der Waals surface area contributed by atoms with Crippen molar-refractivity contribution < 1.29 is 9.47 Å². The van der Waals surface area contributed by atoms with Crippen molar-refractivity contribution in [2.45, 2.75) is 26.3 Å². The minimum absolute atomic E-state index is 0.153. The maximum Gasteiger partial charge on any atom is 0.132 e. The molecular weight excluding hydrogens is 341 g/mol. The molecule has 0 aliphatic carbocycles. The van der Waals surface area contributed by atoms with Crippen LogP contribution in [0.4, 0.5) is 0 Å². The maximum atomic E-state index is 5.63. The highest BCUT2D eigenvalue weighted by molar-refractivity contribution is 14.1. The molecule has 1 aromatic carbocycles. The molecule has 0 unspecified atom stereocenters. The Kier molecular flexibility index (Phi) is 6.96. The molecule has 0 aliphatic heterocycles. The van der Waals surface area contributed by atoms with Crippen molar-refractivity contribution in [1.29, 1.82) is 0 Å². The van der Waals surface area contributed by atoms with E-state index in [-0.39, 0.29) is 5.54 Å². The summed E-state index contributed by atoms with van der Waals surface area (Å²) in [4.78, 5) is 0. The summed E-state index contributed by atoms with van der Waals surface area (Å²) in [6.45, 7) is 9.24. The van der Waals surface area contributed by atoms with Crippen LogP contribution < -0.4 is 10.1 Å². The van der Waals surface area contributed by atoms with E-state index in [1.54, 1.807) is 0 Å². The van der Waals surface area contributed by atoms with Crippen molar-refractivity contribution in [3.8, 4) is 5.75 Å². The highest BCUT2D eigenvalue weighted by Gasteiger charge is 2.07. The van der Waals surface area contributed by atoms with Gasteiger partial charge in [-0.3, -0.25) is 0 Å². The second-order valence-corrected chi connectivity index (χ2v) is 6.23. The summed E-state index contributed by atoms with van der Waals surface area (Å²) in [6, 6.07) is 7.99. The average Bonchev–Trinajstić information content (AvgIpc) is 2.28. The van der Waals surface area contributed by atoms with Gasteiger partial charge >= 0.3 is 0 Å². The number of halogens is 1. The quantitative estimate of drug-likeness (QED) is 0.597. The summed E-state index contributed by atoms with van der Waals surface area (Å²) in [5, 5.41) is 3.37.